The van der Waals surface area contributed by atoms with E-state index in [0.717, 1.165) is 12.8 Å². The van der Waals surface area contributed by atoms with Crippen molar-refractivity contribution in [3.8, 4) is 0 Å². The van der Waals surface area contributed by atoms with Gasteiger partial charge in [-0.05, 0) is 30.9 Å². The number of carbonyl (C=O) groups excluding carboxylic acids is 1. The van der Waals surface area contributed by atoms with Crippen LogP contribution in [0, 0.1) is 5.92 Å². The van der Waals surface area contributed by atoms with Gasteiger partial charge >= 0.3 is 12.0 Å². The lowest BCUT2D eigenvalue weighted by Crippen LogP contribution is -2.44. The monoisotopic (exact) mass is 235 g/mol. The average molecular weight is 235 g/mol. The number of rotatable bonds is 4. The number of pyridine rings is 1. The molecule has 6 heteroatoms. The van der Waals surface area contributed by atoms with Crippen LogP contribution in [-0.2, 0) is 4.79 Å². The van der Waals surface area contributed by atoms with Crippen molar-refractivity contribution in [1.82, 2.24) is 10.3 Å². The Hall–Kier alpha value is -2.11. The Kier molecular flexibility index (Phi) is 3.22. The summed E-state index contributed by atoms with van der Waals surface area (Å²) in [5, 5.41) is 13.9. The summed E-state index contributed by atoms with van der Waals surface area (Å²) < 4.78 is 0. The van der Waals surface area contributed by atoms with Crippen LogP contribution in [0.15, 0.2) is 24.5 Å². The summed E-state index contributed by atoms with van der Waals surface area (Å²) in [7, 11) is 0. The van der Waals surface area contributed by atoms with Crippen molar-refractivity contribution < 1.29 is 14.7 Å². The molecular formula is C11H13N3O3. The highest BCUT2D eigenvalue weighted by atomic mass is 16.4. The second-order valence-corrected chi connectivity index (χ2v) is 3.99. The Labute approximate surface area is 98.1 Å². The molecule has 1 aliphatic carbocycles. The van der Waals surface area contributed by atoms with Crippen molar-refractivity contribution in [1.29, 1.82) is 0 Å². The van der Waals surface area contributed by atoms with Gasteiger partial charge in [-0.2, -0.15) is 0 Å². The van der Waals surface area contributed by atoms with Crippen molar-refractivity contribution >= 4 is 17.7 Å². The number of anilines is 1. The molecule has 0 aromatic carbocycles. The first-order chi connectivity index (χ1) is 8.16. The topological polar surface area (TPSA) is 91.3 Å². The van der Waals surface area contributed by atoms with Gasteiger partial charge in [0.1, 0.15) is 6.04 Å². The number of hydrogen-bond acceptors (Lipinski definition) is 3. The minimum absolute atomic E-state index is 0.0622. The Bertz CT molecular complexity index is 417. The van der Waals surface area contributed by atoms with Gasteiger partial charge in [-0.3, -0.25) is 4.98 Å². The predicted octanol–water partition coefficient (Wildman–Crippen LogP) is 1.07. The number of nitrogens with zero attached hydrogens (tertiary/aromatic N) is 1. The van der Waals surface area contributed by atoms with E-state index >= 15 is 0 Å². The van der Waals surface area contributed by atoms with Crippen LogP contribution >= 0.6 is 0 Å². The third kappa shape index (κ3) is 3.17. The number of urea groups is 1. The van der Waals surface area contributed by atoms with Gasteiger partial charge in [0.15, 0.2) is 0 Å². The zero-order valence-electron chi connectivity index (χ0n) is 9.09. The fourth-order valence-corrected chi connectivity index (χ4v) is 1.56. The third-order valence-corrected chi connectivity index (χ3v) is 2.57. The molecule has 1 atom stereocenters. The first-order valence-corrected chi connectivity index (χ1v) is 5.37. The van der Waals surface area contributed by atoms with Crippen molar-refractivity contribution in [3.63, 3.8) is 0 Å². The molecule has 2 rings (SSSR count). The zero-order valence-corrected chi connectivity index (χ0v) is 9.09. The maximum atomic E-state index is 11.5. The Balaban J connectivity index is 1.90. The van der Waals surface area contributed by atoms with Gasteiger partial charge < -0.3 is 15.7 Å². The summed E-state index contributed by atoms with van der Waals surface area (Å²) in [6.45, 7) is 0. The summed E-state index contributed by atoms with van der Waals surface area (Å²) in [6.07, 6.45) is 4.79. The number of aromatic nitrogens is 1. The van der Waals surface area contributed by atoms with E-state index < -0.39 is 18.0 Å². The Morgan fingerprint density at radius 2 is 2.24 bits per heavy atom. The summed E-state index contributed by atoms with van der Waals surface area (Å²) in [5.41, 5.74) is 0.532. The highest BCUT2D eigenvalue weighted by Crippen LogP contribution is 2.32. The molecule has 1 aromatic heterocycles. The molecule has 0 radical (unpaired) electrons. The smallest absolute Gasteiger partial charge is 0.326 e. The molecule has 1 aliphatic rings. The summed E-state index contributed by atoms with van der Waals surface area (Å²) in [6, 6.07) is 2.05. The number of nitrogens with one attached hydrogen (secondary N) is 2. The second kappa shape index (κ2) is 4.82. The predicted molar refractivity (Wildman–Crippen MR) is 60.5 cm³/mol. The van der Waals surface area contributed by atoms with Crippen LogP contribution in [0.4, 0.5) is 10.5 Å². The fourth-order valence-electron chi connectivity index (χ4n) is 1.56. The molecular weight excluding hydrogens is 222 g/mol. The van der Waals surface area contributed by atoms with Crippen molar-refractivity contribution in [3.05, 3.63) is 24.5 Å². The molecule has 1 saturated carbocycles. The fraction of sp³-hybridized carbons (Fsp3) is 0.364. The van der Waals surface area contributed by atoms with Crippen LogP contribution in [0.5, 0.6) is 0 Å². The lowest BCUT2D eigenvalue weighted by Gasteiger charge is -2.14. The third-order valence-electron chi connectivity index (χ3n) is 2.57. The molecule has 0 spiro atoms. The van der Waals surface area contributed by atoms with E-state index in [1.807, 2.05) is 0 Å². The van der Waals surface area contributed by atoms with E-state index in [2.05, 4.69) is 15.6 Å². The van der Waals surface area contributed by atoms with Crippen molar-refractivity contribution in [2.45, 2.75) is 18.9 Å². The van der Waals surface area contributed by atoms with E-state index in [0.29, 0.717) is 5.69 Å². The minimum atomic E-state index is -0.992. The van der Waals surface area contributed by atoms with E-state index in [-0.39, 0.29) is 5.92 Å². The molecule has 1 fully saturated rings. The number of carboxylic acid groups (broad SMARTS) is 1. The lowest BCUT2D eigenvalue weighted by atomic mass is 10.2. The molecule has 90 valence electrons. The van der Waals surface area contributed by atoms with Gasteiger partial charge in [-0.1, -0.05) is 0 Å². The second-order valence-electron chi connectivity index (χ2n) is 3.99. The van der Waals surface area contributed by atoms with Crippen LogP contribution in [0.3, 0.4) is 0 Å². The van der Waals surface area contributed by atoms with E-state index in [4.69, 9.17) is 5.11 Å². The highest BCUT2D eigenvalue weighted by molar-refractivity contribution is 5.92. The van der Waals surface area contributed by atoms with Crippen LogP contribution in [0.25, 0.3) is 0 Å². The van der Waals surface area contributed by atoms with E-state index in [1.165, 1.54) is 6.20 Å². The summed E-state index contributed by atoms with van der Waals surface area (Å²) in [5.74, 6) is -0.930. The van der Waals surface area contributed by atoms with Crippen LogP contribution in [-0.4, -0.2) is 28.1 Å². The number of hydrogen-bond donors (Lipinski definition) is 3. The number of aliphatic carboxylic acids is 1. The first-order valence-electron chi connectivity index (χ1n) is 5.37. The highest BCUT2D eigenvalue weighted by Gasteiger charge is 2.37. The lowest BCUT2D eigenvalue weighted by molar-refractivity contribution is -0.139. The van der Waals surface area contributed by atoms with E-state index in [1.54, 1.807) is 18.3 Å². The van der Waals surface area contributed by atoms with Gasteiger partial charge in [0, 0.05) is 6.20 Å². The maximum Gasteiger partial charge on any atom is 0.326 e. The SMILES string of the molecule is O=C(Nc1cccnc1)NC(C(=O)O)C1CC1. The normalized spacial score (nSPS) is 16.0. The van der Waals surface area contributed by atoms with Gasteiger partial charge in [0.05, 0.1) is 11.9 Å². The number of amides is 2. The zero-order chi connectivity index (χ0) is 12.3. The van der Waals surface area contributed by atoms with Crippen LogP contribution in [0.1, 0.15) is 12.8 Å². The molecule has 2 amide bonds. The molecule has 1 heterocycles. The minimum Gasteiger partial charge on any atom is -0.480 e. The molecule has 17 heavy (non-hydrogen) atoms. The number of carboxylic acids is 1. The molecule has 0 bridgehead atoms. The van der Waals surface area contributed by atoms with Gasteiger partial charge in [0.25, 0.3) is 0 Å². The van der Waals surface area contributed by atoms with Gasteiger partial charge in [-0.25, -0.2) is 9.59 Å². The Morgan fingerprint density at radius 3 is 2.76 bits per heavy atom. The van der Waals surface area contributed by atoms with Gasteiger partial charge in [-0.15, -0.1) is 0 Å². The summed E-state index contributed by atoms with van der Waals surface area (Å²) >= 11 is 0. The maximum absolute atomic E-state index is 11.5. The Morgan fingerprint density at radius 1 is 1.47 bits per heavy atom. The van der Waals surface area contributed by atoms with Crippen LogP contribution < -0.4 is 10.6 Å². The molecule has 6 nitrogen and oxygen atoms in total. The quantitative estimate of drug-likeness (QED) is 0.727. The van der Waals surface area contributed by atoms with Gasteiger partial charge in [0.2, 0.25) is 0 Å². The van der Waals surface area contributed by atoms with Crippen LogP contribution in [0.2, 0.25) is 0 Å². The molecule has 3 N–H and O–H groups in total. The number of carbonyl (C=O) groups is 2. The molecule has 1 unspecified atom stereocenters. The standard InChI is InChI=1S/C11H13N3O3/c15-10(16)9(7-3-4-7)14-11(17)13-8-2-1-5-12-6-8/h1-2,5-7,9H,3-4H2,(H,15,16)(H2,13,14,17). The average Bonchev–Trinajstić information content (AvgIpc) is 3.11. The summed E-state index contributed by atoms with van der Waals surface area (Å²) in [4.78, 5) is 26.3. The molecule has 1 aromatic rings. The van der Waals surface area contributed by atoms with E-state index in [9.17, 15) is 9.59 Å². The largest absolute Gasteiger partial charge is 0.480 e. The molecule has 0 aliphatic heterocycles. The molecule has 0 saturated heterocycles. The van der Waals surface area contributed by atoms with Crippen molar-refractivity contribution in [2.24, 2.45) is 5.92 Å². The van der Waals surface area contributed by atoms with Crippen molar-refractivity contribution in [2.75, 3.05) is 5.32 Å². The first kappa shape index (κ1) is 11.4.